The van der Waals surface area contributed by atoms with Crippen LogP contribution in [0, 0.1) is 5.95 Å². The molecule has 6 rings (SSSR count). The van der Waals surface area contributed by atoms with Gasteiger partial charge in [0.2, 0.25) is 5.95 Å². The normalized spacial score (nSPS) is 16.7. The summed E-state index contributed by atoms with van der Waals surface area (Å²) in [5.41, 5.74) is 12.5. The highest BCUT2D eigenvalue weighted by Crippen LogP contribution is 2.36. The van der Waals surface area contributed by atoms with Crippen LogP contribution in [0.5, 0.6) is 0 Å². The number of fused-ring (bicyclic) bond motifs is 1. The van der Waals surface area contributed by atoms with Gasteiger partial charge in [0, 0.05) is 28.6 Å². The second-order valence-corrected chi connectivity index (χ2v) is 9.11. The van der Waals surface area contributed by atoms with Gasteiger partial charge in [-0.2, -0.15) is 9.49 Å². The number of nitrogens with zero attached hydrogens (tertiary/aromatic N) is 6. The molecular formula is C25H21ClFN9O. The number of hydrazine groups is 1. The van der Waals surface area contributed by atoms with Gasteiger partial charge < -0.3 is 15.3 Å². The predicted molar refractivity (Wildman–Crippen MR) is 141 cm³/mol. The lowest BCUT2D eigenvalue weighted by molar-refractivity contribution is 0.571. The fraction of sp³-hybridized carbons (Fsp3) is 0.160. The van der Waals surface area contributed by atoms with Crippen molar-refractivity contribution >= 4 is 35.7 Å². The Morgan fingerprint density at radius 1 is 1.11 bits per heavy atom. The number of nitrogen functional groups attached to an aromatic ring is 1. The van der Waals surface area contributed by atoms with Crippen LogP contribution in [0.1, 0.15) is 24.0 Å². The molecule has 0 radical (unpaired) electrons. The van der Waals surface area contributed by atoms with Crippen LogP contribution in [0.3, 0.4) is 0 Å². The summed E-state index contributed by atoms with van der Waals surface area (Å²) in [4.78, 5) is 24.7. The zero-order valence-electron chi connectivity index (χ0n) is 19.4. The predicted octanol–water partition coefficient (Wildman–Crippen LogP) is 3.55. The summed E-state index contributed by atoms with van der Waals surface area (Å²) in [5.74, 6) is -0.00641. The second kappa shape index (κ2) is 9.26. The third kappa shape index (κ3) is 4.28. The molecule has 1 aromatic carbocycles. The van der Waals surface area contributed by atoms with Gasteiger partial charge in [0.25, 0.3) is 5.56 Å². The van der Waals surface area contributed by atoms with Gasteiger partial charge in [-0.25, -0.2) is 15.4 Å². The maximum atomic E-state index is 14.3. The van der Waals surface area contributed by atoms with E-state index in [0.29, 0.717) is 35.9 Å². The van der Waals surface area contributed by atoms with Crippen LogP contribution in [0.2, 0.25) is 5.02 Å². The fourth-order valence-electron chi connectivity index (χ4n) is 4.75. The minimum absolute atomic E-state index is 0.100. The van der Waals surface area contributed by atoms with Crippen molar-refractivity contribution in [3.05, 3.63) is 81.5 Å². The van der Waals surface area contributed by atoms with Gasteiger partial charge in [-0.3, -0.25) is 9.80 Å². The Morgan fingerprint density at radius 2 is 2.00 bits per heavy atom. The van der Waals surface area contributed by atoms with Crippen molar-refractivity contribution in [3.8, 4) is 22.4 Å². The Hall–Kier alpha value is -4.35. The molecule has 0 saturated heterocycles. The molecule has 0 bridgehead atoms. The fourth-order valence-corrected chi connectivity index (χ4v) is 4.92. The van der Waals surface area contributed by atoms with E-state index < -0.39 is 5.95 Å². The molecule has 0 spiro atoms. The van der Waals surface area contributed by atoms with E-state index in [0.717, 1.165) is 22.5 Å². The molecule has 0 amide bonds. The topological polar surface area (TPSA) is 130 Å². The standard InChI is InChI=1S/C25H21ClFN9O/c26-15-1-4-20(35-13-31-30-7-8-32-35)18(11-15)14-9-16-2-5-21(36(16)23(37)10-14)25-29-12-19(33-25)17-3-6-22(28)34-24(17)27/h1,3-4,6-7,9-13,21,32H,2,5,8H2,(H2,28,34)(H,29,33)/t21-/m0/s1. The number of hydrogen-bond donors (Lipinski definition) is 3. The number of halogens is 2. The highest BCUT2D eigenvalue weighted by atomic mass is 35.5. The van der Waals surface area contributed by atoms with E-state index in [9.17, 15) is 9.18 Å². The molecule has 4 aromatic rings. The molecule has 0 saturated carbocycles. The van der Waals surface area contributed by atoms with Crippen molar-refractivity contribution in [2.45, 2.75) is 18.9 Å². The monoisotopic (exact) mass is 517 g/mol. The average molecular weight is 518 g/mol. The van der Waals surface area contributed by atoms with E-state index in [4.69, 9.17) is 17.3 Å². The number of nitrogens with two attached hydrogens (primary N) is 1. The number of aromatic nitrogens is 4. The number of hydrogen-bond acceptors (Lipinski definition) is 8. The van der Waals surface area contributed by atoms with Crippen molar-refractivity contribution in [1.82, 2.24) is 24.9 Å². The number of aryl methyl sites for hydroxylation is 1. The molecule has 37 heavy (non-hydrogen) atoms. The summed E-state index contributed by atoms with van der Waals surface area (Å²) in [6, 6.07) is 11.8. The van der Waals surface area contributed by atoms with Gasteiger partial charge in [-0.15, -0.1) is 5.10 Å². The number of pyridine rings is 2. The Balaban J connectivity index is 1.36. The maximum Gasteiger partial charge on any atom is 0.252 e. The number of nitrogens with one attached hydrogen (secondary N) is 2. The Bertz CT molecular complexity index is 1630. The van der Waals surface area contributed by atoms with Crippen molar-refractivity contribution in [2.75, 3.05) is 17.3 Å². The van der Waals surface area contributed by atoms with Crippen LogP contribution >= 0.6 is 11.6 Å². The van der Waals surface area contributed by atoms with Gasteiger partial charge in [0.05, 0.1) is 35.7 Å². The lowest BCUT2D eigenvalue weighted by Gasteiger charge is -2.22. The number of benzene rings is 1. The first-order chi connectivity index (χ1) is 18.0. The number of H-pyrrole nitrogens is 1. The Kier molecular flexibility index (Phi) is 5.78. The second-order valence-electron chi connectivity index (χ2n) is 8.68. The van der Waals surface area contributed by atoms with Gasteiger partial charge in [-0.05, 0) is 54.8 Å². The lowest BCUT2D eigenvalue weighted by atomic mass is 10.0. The highest BCUT2D eigenvalue weighted by Gasteiger charge is 2.28. The lowest BCUT2D eigenvalue weighted by Crippen LogP contribution is -2.37. The molecule has 186 valence electrons. The quantitative estimate of drug-likeness (QED) is 0.355. The summed E-state index contributed by atoms with van der Waals surface area (Å²) in [6.45, 7) is 0.498. The van der Waals surface area contributed by atoms with Gasteiger partial charge in [0.1, 0.15) is 18.0 Å². The zero-order chi connectivity index (χ0) is 25.5. The van der Waals surface area contributed by atoms with Crippen LogP contribution in [0.25, 0.3) is 22.4 Å². The van der Waals surface area contributed by atoms with Crippen LogP contribution in [-0.4, -0.2) is 38.6 Å². The summed E-state index contributed by atoms with van der Waals surface area (Å²) < 4.78 is 16.1. The van der Waals surface area contributed by atoms with Crippen LogP contribution in [0.4, 0.5) is 15.9 Å². The van der Waals surface area contributed by atoms with E-state index >= 15 is 0 Å². The molecule has 0 unspecified atom stereocenters. The van der Waals surface area contributed by atoms with Gasteiger partial charge in [-0.1, -0.05) is 11.6 Å². The molecule has 4 N–H and O–H groups in total. The number of rotatable bonds is 4. The highest BCUT2D eigenvalue weighted by molar-refractivity contribution is 6.31. The summed E-state index contributed by atoms with van der Waals surface area (Å²) in [5, 5.41) is 10.2. The molecule has 2 aliphatic heterocycles. The minimum atomic E-state index is -0.684. The number of imidazole rings is 1. The molecule has 10 nitrogen and oxygen atoms in total. The van der Waals surface area contributed by atoms with E-state index in [1.807, 2.05) is 18.2 Å². The van der Waals surface area contributed by atoms with Crippen molar-refractivity contribution in [2.24, 2.45) is 10.2 Å². The molecule has 5 heterocycles. The molecule has 1 atom stereocenters. The molecule has 3 aromatic heterocycles. The summed E-state index contributed by atoms with van der Waals surface area (Å²) in [6.07, 6.45) is 6.12. The first-order valence-corrected chi connectivity index (χ1v) is 12.0. The summed E-state index contributed by atoms with van der Waals surface area (Å²) >= 11 is 6.34. The smallest absolute Gasteiger partial charge is 0.252 e. The first-order valence-electron chi connectivity index (χ1n) is 11.6. The molecular weight excluding hydrogens is 497 g/mol. The van der Waals surface area contributed by atoms with E-state index in [1.54, 1.807) is 46.5 Å². The van der Waals surface area contributed by atoms with E-state index in [2.05, 4.69) is 30.6 Å². The largest absolute Gasteiger partial charge is 0.384 e. The van der Waals surface area contributed by atoms with Crippen LogP contribution in [-0.2, 0) is 6.42 Å². The first kappa shape index (κ1) is 23.1. The Labute approximate surface area is 215 Å². The van der Waals surface area contributed by atoms with Crippen molar-refractivity contribution in [1.29, 1.82) is 0 Å². The van der Waals surface area contributed by atoms with Crippen molar-refractivity contribution < 1.29 is 4.39 Å². The van der Waals surface area contributed by atoms with Crippen LogP contribution < -0.4 is 21.7 Å². The number of aromatic amines is 1. The van der Waals surface area contributed by atoms with Crippen LogP contribution in [0.15, 0.2) is 63.7 Å². The van der Waals surface area contributed by atoms with Gasteiger partial charge in [0.15, 0.2) is 0 Å². The average Bonchev–Trinajstić information content (AvgIpc) is 3.44. The third-order valence-corrected chi connectivity index (χ3v) is 6.64. The van der Waals surface area contributed by atoms with Gasteiger partial charge >= 0.3 is 0 Å². The number of anilines is 2. The van der Waals surface area contributed by atoms with Crippen molar-refractivity contribution in [3.63, 3.8) is 0 Å². The zero-order valence-corrected chi connectivity index (χ0v) is 20.2. The van der Waals surface area contributed by atoms with E-state index in [-0.39, 0.29) is 23.0 Å². The minimum Gasteiger partial charge on any atom is -0.384 e. The van der Waals surface area contributed by atoms with E-state index in [1.165, 1.54) is 6.07 Å². The maximum absolute atomic E-state index is 14.3. The molecule has 12 heteroatoms. The molecule has 0 aliphatic carbocycles. The third-order valence-electron chi connectivity index (χ3n) is 6.40. The molecule has 2 aliphatic rings. The summed E-state index contributed by atoms with van der Waals surface area (Å²) in [7, 11) is 0. The molecule has 0 fully saturated rings. The SMILES string of the molecule is Nc1ccc(-c2cnc([C@@H]3CCc4cc(-c5cc(Cl)ccc5N5C=NN=CCN5)cc(=O)n43)[nH]2)c(F)n1. The Morgan fingerprint density at radius 3 is 2.86 bits per heavy atom.